The molecule has 0 fully saturated rings. The van der Waals surface area contributed by atoms with Gasteiger partial charge in [0.25, 0.3) is 5.65 Å². The highest BCUT2D eigenvalue weighted by atomic mass is 15.1. The van der Waals surface area contributed by atoms with Gasteiger partial charge in [-0.15, -0.1) is 0 Å². The molecule has 4 rings (SSSR count). The summed E-state index contributed by atoms with van der Waals surface area (Å²) in [5, 5.41) is 0. The third kappa shape index (κ3) is 3.21. The predicted octanol–water partition coefficient (Wildman–Crippen LogP) is 3.55. The molecule has 4 aromatic rings. The topological polar surface area (TPSA) is 45.5 Å². The molecule has 4 nitrogen and oxygen atoms in total. The van der Waals surface area contributed by atoms with Crippen LogP contribution in [0.1, 0.15) is 17.0 Å². The molecule has 2 aromatic heterocycles. The van der Waals surface area contributed by atoms with E-state index in [1.807, 2.05) is 42.8 Å². The van der Waals surface area contributed by atoms with Crippen LogP contribution in [0.5, 0.6) is 0 Å². The summed E-state index contributed by atoms with van der Waals surface area (Å²) >= 11 is 0. The molecule has 4 heteroatoms. The first kappa shape index (κ1) is 15.2. The van der Waals surface area contributed by atoms with Crippen molar-refractivity contribution in [3.05, 3.63) is 65.5 Å². The van der Waals surface area contributed by atoms with E-state index >= 15 is 0 Å². The van der Waals surface area contributed by atoms with Crippen molar-refractivity contribution < 1.29 is 4.57 Å². The zero-order valence-corrected chi connectivity index (χ0v) is 14.0. The van der Waals surface area contributed by atoms with Gasteiger partial charge in [-0.25, -0.2) is 9.55 Å². The highest BCUT2D eigenvalue weighted by molar-refractivity contribution is 5.81. The van der Waals surface area contributed by atoms with Gasteiger partial charge in [-0.3, -0.25) is 4.98 Å². The Kier molecular flexibility index (Phi) is 4.06. The molecule has 0 amide bonds. The summed E-state index contributed by atoms with van der Waals surface area (Å²) in [5.41, 5.74) is 6.25. The normalized spacial score (nSPS) is 10.6. The minimum Gasteiger partial charge on any atom is -0.256 e. The molecule has 0 atom stereocenters. The number of hydrogen-bond donors (Lipinski definition) is 1. The number of aromatic amines is 1. The minimum absolute atomic E-state index is 0.841. The summed E-state index contributed by atoms with van der Waals surface area (Å²) in [6.07, 6.45) is 0. The number of nitrogens with one attached hydrogen (secondary N) is 1. The largest absolute Gasteiger partial charge is 0.322 e. The summed E-state index contributed by atoms with van der Waals surface area (Å²) in [4.78, 5) is 12.3. The monoisotopic (exact) mass is 305 g/mol. The van der Waals surface area contributed by atoms with Crippen LogP contribution in [-0.2, 0) is 7.05 Å². The maximum atomic E-state index is 4.57. The Morgan fingerprint density at radius 2 is 1.30 bits per heavy atom. The van der Waals surface area contributed by atoms with Crippen LogP contribution in [0.15, 0.2) is 48.5 Å². The van der Waals surface area contributed by atoms with Crippen LogP contribution in [0.2, 0.25) is 0 Å². The fraction of sp³-hybridized carbons (Fsp3) is 0.211. The Morgan fingerprint density at radius 1 is 0.783 bits per heavy atom. The Labute approximate surface area is 135 Å². The fourth-order valence-corrected chi connectivity index (χ4v) is 2.36. The molecule has 23 heavy (non-hydrogen) atoms. The molecule has 0 aliphatic heterocycles. The molecular formula is C19H21N4+. The second-order valence-electron chi connectivity index (χ2n) is 5.81. The lowest BCUT2D eigenvalue weighted by molar-refractivity contribution is -0.653. The van der Waals surface area contributed by atoms with E-state index in [0.29, 0.717) is 0 Å². The number of para-hydroxylation sites is 2. The van der Waals surface area contributed by atoms with Crippen molar-refractivity contribution in [2.75, 3.05) is 0 Å². The first-order valence-corrected chi connectivity index (χ1v) is 7.69. The lowest BCUT2D eigenvalue weighted by atomic mass is 10.2. The molecule has 0 aliphatic carbocycles. The maximum absolute atomic E-state index is 4.57. The van der Waals surface area contributed by atoms with E-state index in [4.69, 9.17) is 0 Å². The second kappa shape index (κ2) is 6.16. The number of H-pyrrole nitrogens is 1. The van der Waals surface area contributed by atoms with Gasteiger partial charge in [0.05, 0.1) is 7.05 Å². The van der Waals surface area contributed by atoms with Crippen molar-refractivity contribution in [1.29, 1.82) is 0 Å². The van der Waals surface area contributed by atoms with E-state index in [9.17, 15) is 0 Å². The van der Waals surface area contributed by atoms with E-state index in [1.54, 1.807) is 0 Å². The number of fused-ring (bicyclic) bond motifs is 2. The van der Waals surface area contributed by atoms with E-state index in [0.717, 1.165) is 28.2 Å². The molecule has 0 aliphatic rings. The average Bonchev–Trinajstić information content (AvgIpc) is 2.83. The van der Waals surface area contributed by atoms with Crippen molar-refractivity contribution in [3.63, 3.8) is 0 Å². The van der Waals surface area contributed by atoms with Crippen LogP contribution in [0.4, 0.5) is 0 Å². The Bertz CT molecular complexity index is 931. The summed E-state index contributed by atoms with van der Waals surface area (Å²) < 4.78 is 2.01. The number of aryl methyl sites for hydroxylation is 4. The molecule has 0 saturated carbocycles. The maximum Gasteiger partial charge on any atom is 0.322 e. The van der Waals surface area contributed by atoms with Gasteiger partial charge in [0, 0.05) is 6.92 Å². The van der Waals surface area contributed by atoms with Gasteiger partial charge in [0.15, 0.2) is 11.3 Å². The molecule has 0 radical (unpaired) electrons. The standard InChI is InChI=1S/C11H10N4.C8H10/c1-7-12-10-11(15(7)2)14-9-6-4-3-5-8(9)13-10;1-7-3-5-8(2)6-4-7/h3-6H,1-2H3;3-6H,1-2H3/p+1. The van der Waals surface area contributed by atoms with Crippen molar-refractivity contribution in [2.24, 2.45) is 7.05 Å². The number of aromatic nitrogens is 4. The fourth-order valence-electron chi connectivity index (χ4n) is 2.36. The molecule has 0 unspecified atom stereocenters. The van der Waals surface area contributed by atoms with Gasteiger partial charge >= 0.3 is 5.65 Å². The number of rotatable bonds is 0. The quantitative estimate of drug-likeness (QED) is 0.505. The van der Waals surface area contributed by atoms with Gasteiger partial charge < -0.3 is 0 Å². The second-order valence-corrected chi connectivity index (χ2v) is 5.81. The van der Waals surface area contributed by atoms with Crippen molar-refractivity contribution in [3.8, 4) is 0 Å². The van der Waals surface area contributed by atoms with Crippen molar-refractivity contribution in [1.82, 2.24) is 15.0 Å². The Hall–Kier alpha value is -2.75. The van der Waals surface area contributed by atoms with Crippen molar-refractivity contribution in [2.45, 2.75) is 20.8 Å². The first-order chi connectivity index (χ1) is 11.0. The molecule has 0 bridgehead atoms. The average molecular weight is 305 g/mol. The SMILES string of the molecule is Cc1[nH]c2nc3ccccc3nc2[n+]1C.Cc1ccc(C)cc1. The molecule has 116 valence electrons. The molecule has 2 heterocycles. The molecule has 2 aromatic carbocycles. The molecular weight excluding hydrogens is 284 g/mol. The Balaban J connectivity index is 0.000000166. The third-order valence-electron chi connectivity index (χ3n) is 3.89. The van der Waals surface area contributed by atoms with E-state index in [-0.39, 0.29) is 0 Å². The molecule has 0 spiro atoms. The summed E-state index contributed by atoms with van der Waals surface area (Å²) in [5.74, 6) is 1.06. The van der Waals surface area contributed by atoms with Crippen LogP contribution >= 0.6 is 0 Å². The summed E-state index contributed by atoms with van der Waals surface area (Å²) in [6.45, 7) is 6.20. The highest BCUT2D eigenvalue weighted by Gasteiger charge is 2.15. The predicted molar refractivity (Wildman–Crippen MR) is 93.2 cm³/mol. The van der Waals surface area contributed by atoms with Gasteiger partial charge in [-0.1, -0.05) is 52.5 Å². The van der Waals surface area contributed by atoms with E-state index in [1.165, 1.54) is 11.1 Å². The number of hydrogen-bond acceptors (Lipinski definition) is 2. The minimum atomic E-state index is 0.841. The lowest BCUT2D eigenvalue weighted by Gasteiger charge is -1.90. The Morgan fingerprint density at radius 3 is 1.87 bits per heavy atom. The van der Waals surface area contributed by atoms with E-state index in [2.05, 4.69) is 53.1 Å². The summed E-state index contributed by atoms with van der Waals surface area (Å²) in [6, 6.07) is 16.4. The first-order valence-electron chi connectivity index (χ1n) is 7.69. The van der Waals surface area contributed by atoms with Gasteiger partial charge in [-0.2, -0.15) is 0 Å². The zero-order valence-electron chi connectivity index (χ0n) is 14.0. The lowest BCUT2D eigenvalue weighted by Crippen LogP contribution is -2.30. The van der Waals surface area contributed by atoms with Crippen LogP contribution in [0.3, 0.4) is 0 Å². The number of benzene rings is 2. The van der Waals surface area contributed by atoms with Crippen LogP contribution < -0.4 is 4.57 Å². The highest BCUT2D eigenvalue weighted by Crippen LogP contribution is 2.12. The third-order valence-corrected chi connectivity index (χ3v) is 3.89. The van der Waals surface area contributed by atoms with Gasteiger partial charge in [0.1, 0.15) is 5.52 Å². The van der Waals surface area contributed by atoms with Crippen molar-refractivity contribution >= 4 is 22.3 Å². The molecule has 0 saturated heterocycles. The molecule has 1 N–H and O–H groups in total. The van der Waals surface area contributed by atoms with Gasteiger partial charge in [0.2, 0.25) is 0 Å². The summed E-state index contributed by atoms with van der Waals surface area (Å²) in [7, 11) is 1.98. The van der Waals surface area contributed by atoms with Gasteiger partial charge in [-0.05, 0) is 26.0 Å². The zero-order chi connectivity index (χ0) is 16.4. The van der Waals surface area contributed by atoms with Crippen LogP contribution in [-0.4, -0.2) is 15.0 Å². The number of nitrogens with zero attached hydrogens (tertiary/aromatic N) is 3. The smallest absolute Gasteiger partial charge is 0.256 e. The van der Waals surface area contributed by atoms with Crippen LogP contribution in [0.25, 0.3) is 22.3 Å². The van der Waals surface area contributed by atoms with Crippen LogP contribution in [0, 0.1) is 20.8 Å². The number of imidazole rings is 1. The van der Waals surface area contributed by atoms with E-state index < -0.39 is 0 Å².